The van der Waals surface area contributed by atoms with Crippen molar-refractivity contribution in [3.8, 4) is 0 Å². The van der Waals surface area contributed by atoms with E-state index in [0.717, 1.165) is 48.8 Å². The molecule has 0 spiro atoms. The number of rotatable bonds is 35. The molecule has 1 aromatic rings. The molecule has 1 fully saturated rings. The standard InChI is InChI=1S/C50H88N16O13/c1-8-28(4)40(49(79)66(23-27(2)3)25-39(71)72)62-37(69)24-65(18-16-51)38(70)22-57-47(77)41(30(6)67)64-48(78)42(31(7)68)63-46(76)36(20-33-21-55-26-58-33)61-45(75)35(19-32-13-10-9-11-14-32)60-43(73)29(5)59-44(74)34(52)15-12-17-56-50(53)54/h21,26-32,34-36,40-42,67-68H,8-20,22-25,51-52H2,1-7H3,(H,55,58)(H,57,77)(H,59,74)(H,60,73)(H,61,75)(H,62,69)(H,63,76)(H,64,78)(H,71,72)(H4,53,54,56)/t28?,29-,30+,31+,34-,35-,36-,40-,41-,42-/m0/s1. The lowest BCUT2D eigenvalue weighted by molar-refractivity contribution is -0.147. The van der Waals surface area contributed by atoms with Gasteiger partial charge in [0.05, 0.1) is 37.7 Å². The Labute approximate surface area is 461 Å². The normalized spacial score (nSPS) is 16.4. The molecule has 446 valence electrons. The molecule has 19 N–H and O–H groups in total. The zero-order valence-corrected chi connectivity index (χ0v) is 46.6. The minimum atomic E-state index is -1.81. The molecule has 1 aliphatic rings. The topological polar surface area (TPSA) is 467 Å². The molecule has 9 amide bonds. The largest absolute Gasteiger partial charge is 0.480 e. The van der Waals surface area contributed by atoms with E-state index < -0.39 is 139 Å². The molecule has 0 saturated heterocycles. The number of hydrogen-bond acceptors (Lipinski definition) is 16. The maximum atomic E-state index is 14.3. The van der Waals surface area contributed by atoms with Crippen molar-refractivity contribution in [1.29, 1.82) is 0 Å². The van der Waals surface area contributed by atoms with Crippen LogP contribution in [0.25, 0.3) is 0 Å². The predicted octanol–water partition coefficient (Wildman–Crippen LogP) is -4.49. The summed E-state index contributed by atoms with van der Waals surface area (Å²) in [6, 6.07) is -9.54. The summed E-state index contributed by atoms with van der Waals surface area (Å²) >= 11 is 0. The maximum Gasteiger partial charge on any atom is 0.323 e. The third-order valence-electron chi connectivity index (χ3n) is 13.2. The van der Waals surface area contributed by atoms with Crippen LogP contribution in [-0.2, 0) is 54.4 Å². The second kappa shape index (κ2) is 34.8. The summed E-state index contributed by atoms with van der Waals surface area (Å²) in [6.07, 6.45) is 4.82. The fraction of sp³-hybridized carbons (Fsp3) is 0.720. The average Bonchev–Trinajstić information content (AvgIpc) is 3.90. The number of guanidine groups is 1. The fourth-order valence-electron chi connectivity index (χ4n) is 8.67. The van der Waals surface area contributed by atoms with Crippen LogP contribution in [0.4, 0.5) is 0 Å². The van der Waals surface area contributed by atoms with Crippen LogP contribution in [0.2, 0.25) is 0 Å². The molecule has 0 bridgehead atoms. The number of hydrogen-bond donors (Lipinski definition) is 15. The average molecular weight is 1120 g/mol. The highest BCUT2D eigenvalue weighted by molar-refractivity contribution is 5.98. The van der Waals surface area contributed by atoms with Crippen molar-refractivity contribution < 1.29 is 63.3 Å². The number of H-pyrrole nitrogens is 1. The van der Waals surface area contributed by atoms with Crippen LogP contribution in [0.3, 0.4) is 0 Å². The van der Waals surface area contributed by atoms with E-state index in [1.807, 2.05) is 0 Å². The predicted molar refractivity (Wildman–Crippen MR) is 289 cm³/mol. The number of aromatic amines is 1. The first-order chi connectivity index (χ1) is 37.2. The van der Waals surface area contributed by atoms with E-state index >= 15 is 0 Å². The van der Waals surface area contributed by atoms with Gasteiger partial charge in [-0.15, -0.1) is 0 Å². The molecule has 0 aromatic carbocycles. The van der Waals surface area contributed by atoms with Crippen molar-refractivity contribution in [3.05, 3.63) is 18.2 Å². The van der Waals surface area contributed by atoms with Crippen LogP contribution in [0.1, 0.15) is 112 Å². The van der Waals surface area contributed by atoms with Crippen molar-refractivity contribution in [1.82, 2.24) is 57.0 Å². The SMILES string of the molecule is CCC(C)[C@H](NC(=O)CN(CCN)C(=O)CNC(=O)[C@@H](NC(=O)[C@@H](NC(=O)[C@H](Cc1cnc[nH]1)NC(=O)[C@H](CC1CCCCC1)NC(=O)[C@H](C)NC(=O)[C@@H](N)CCCN=C(N)N)[C@@H](C)O)[C@@H](C)O)C(=O)N(CC(=O)O)CC(C)C. The molecule has 29 nitrogen and oxygen atoms in total. The number of aliphatic hydroxyl groups excluding tert-OH is 2. The van der Waals surface area contributed by atoms with E-state index in [1.165, 1.54) is 26.4 Å². The van der Waals surface area contributed by atoms with Gasteiger partial charge in [-0.2, -0.15) is 0 Å². The molecule has 0 radical (unpaired) electrons. The van der Waals surface area contributed by atoms with Crippen LogP contribution in [0.5, 0.6) is 0 Å². The fourth-order valence-corrected chi connectivity index (χ4v) is 8.67. The van der Waals surface area contributed by atoms with Gasteiger partial charge in [-0.05, 0) is 57.8 Å². The van der Waals surface area contributed by atoms with Gasteiger partial charge in [0.15, 0.2) is 5.96 Å². The van der Waals surface area contributed by atoms with Gasteiger partial charge in [-0.3, -0.25) is 52.9 Å². The summed E-state index contributed by atoms with van der Waals surface area (Å²) in [5.41, 5.74) is 22.9. The minimum Gasteiger partial charge on any atom is -0.480 e. The molecular formula is C50H88N16O13. The molecule has 1 aromatic heterocycles. The highest BCUT2D eigenvalue weighted by Gasteiger charge is 2.37. The number of nitrogens with two attached hydrogens (primary N) is 4. The van der Waals surface area contributed by atoms with E-state index in [1.54, 1.807) is 27.7 Å². The van der Waals surface area contributed by atoms with Crippen LogP contribution < -0.4 is 60.2 Å². The highest BCUT2D eigenvalue weighted by Crippen LogP contribution is 2.27. The Morgan fingerprint density at radius 2 is 1.37 bits per heavy atom. The van der Waals surface area contributed by atoms with E-state index in [-0.39, 0.29) is 63.2 Å². The van der Waals surface area contributed by atoms with Gasteiger partial charge in [0, 0.05) is 44.5 Å². The van der Waals surface area contributed by atoms with Crippen LogP contribution in [0, 0.1) is 17.8 Å². The summed E-state index contributed by atoms with van der Waals surface area (Å²) in [5, 5.41) is 48.6. The zero-order chi connectivity index (χ0) is 59.5. The van der Waals surface area contributed by atoms with Crippen molar-refractivity contribution in [2.24, 2.45) is 45.7 Å². The quantitative estimate of drug-likeness (QED) is 0.0173. The number of carboxylic acid groups (broad SMARTS) is 1. The van der Waals surface area contributed by atoms with Gasteiger partial charge in [0.1, 0.15) is 42.8 Å². The lowest BCUT2D eigenvalue weighted by atomic mass is 9.84. The first kappa shape index (κ1) is 68.1. The monoisotopic (exact) mass is 1120 g/mol. The zero-order valence-electron chi connectivity index (χ0n) is 46.6. The summed E-state index contributed by atoms with van der Waals surface area (Å²) in [6.45, 7) is 8.93. The summed E-state index contributed by atoms with van der Waals surface area (Å²) in [7, 11) is 0. The summed E-state index contributed by atoms with van der Waals surface area (Å²) < 4.78 is 0. The van der Waals surface area contributed by atoms with E-state index in [4.69, 9.17) is 22.9 Å². The minimum absolute atomic E-state index is 0.0244. The molecule has 79 heavy (non-hydrogen) atoms. The molecule has 1 saturated carbocycles. The number of carbonyl (C=O) groups is 10. The number of aliphatic hydroxyl groups is 2. The molecule has 0 aliphatic heterocycles. The molecule has 1 aliphatic carbocycles. The van der Waals surface area contributed by atoms with E-state index in [2.05, 4.69) is 52.2 Å². The van der Waals surface area contributed by atoms with Gasteiger partial charge in [0.25, 0.3) is 0 Å². The maximum absolute atomic E-state index is 14.3. The Morgan fingerprint density at radius 1 is 0.759 bits per heavy atom. The number of nitrogens with zero attached hydrogens (tertiary/aromatic N) is 4. The molecule has 1 heterocycles. The van der Waals surface area contributed by atoms with E-state index in [9.17, 15) is 63.3 Å². The third-order valence-corrected chi connectivity index (χ3v) is 13.2. The number of imidazole rings is 1. The second-order valence-corrected chi connectivity index (χ2v) is 20.6. The first-order valence-electron chi connectivity index (χ1n) is 26.9. The van der Waals surface area contributed by atoms with Gasteiger partial charge < -0.3 is 90.3 Å². The Balaban J connectivity index is 2.26. The highest BCUT2D eigenvalue weighted by atomic mass is 16.4. The van der Waals surface area contributed by atoms with Gasteiger partial charge in [0.2, 0.25) is 53.2 Å². The number of amides is 9. The van der Waals surface area contributed by atoms with Crippen molar-refractivity contribution >= 4 is 65.1 Å². The number of aliphatic carboxylic acids is 1. The number of carbonyl (C=O) groups excluding carboxylic acids is 9. The molecular weight excluding hydrogens is 1030 g/mol. The molecule has 10 atom stereocenters. The van der Waals surface area contributed by atoms with Crippen molar-refractivity contribution in [2.45, 2.75) is 167 Å². The van der Waals surface area contributed by atoms with Gasteiger partial charge in [-0.25, -0.2) is 4.98 Å². The van der Waals surface area contributed by atoms with Crippen LogP contribution in [-0.4, -0.2) is 200 Å². The first-order valence-corrected chi connectivity index (χ1v) is 26.9. The van der Waals surface area contributed by atoms with Crippen LogP contribution >= 0.6 is 0 Å². The number of nitrogens with one attached hydrogen (secondary N) is 8. The number of aromatic nitrogens is 2. The second-order valence-electron chi connectivity index (χ2n) is 20.6. The van der Waals surface area contributed by atoms with Crippen LogP contribution in [0.15, 0.2) is 17.5 Å². The Morgan fingerprint density at radius 3 is 1.92 bits per heavy atom. The Kier molecular flexibility index (Phi) is 30.0. The van der Waals surface area contributed by atoms with Gasteiger partial charge >= 0.3 is 5.97 Å². The van der Waals surface area contributed by atoms with Gasteiger partial charge in [-0.1, -0.05) is 66.2 Å². The Hall–Kier alpha value is -6.98. The third kappa shape index (κ3) is 24.7. The summed E-state index contributed by atoms with van der Waals surface area (Å²) in [4.78, 5) is 147. The summed E-state index contributed by atoms with van der Waals surface area (Å²) in [5.74, 6) is -9.37. The lowest BCUT2D eigenvalue weighted by Gasteiger charge is -2.31. The number of carboxylic acids is 1. The number of aliphatic imine (C=N–C) groups is 1. The molecule has 1 unspecified atom stereocenters. The van der Waals surface area contributed by atoms with Crippen molar-refractivity contribution in [3.63, 3.8) is 0 Å². The van der Waals surface area contributed by atoms with Crippen molar-refractivity contribution in [2.75, 3.05) is 45.8 Å². The molecule has 29 heteroatoms. The Bertz CT molecular complexity index is 2190. The lowest BCUT2D eigenvalue weighted by Crippen LogP contribution is -2.62. The van der Waals surface area contributed by atoms with E-state index in [0.29, 0.717) is 18.5 Å². The smallest absolute Gasteiger partial charge is 0.323 e. The molecule has 2 rings (SSSR count).